The van der Waals surface area contributed by atoms with Crippen LogP contribution < -0.4 is 5.73 Å². The Morgan fingerprint density at radius 2 is 1.96 bits per heavy atom. The summed E-state index contributed by atoms with van der Waals surface area (Å²) in [4.78, 5) is 35.8. The molecule has 0 radical (unpaired) electrons. The maximum absolute atomic E-state index is 12.4. The largest absolute Gasteiger partial charge is 0.508 e. The molecule has 9 heteroatoms. The van der Waals surface area contributed by atoms with E-state index in [9.17, 15) is 24.6 Å². The second kappa shape index (κ2) is 6.80. The maximum atomic E-state index is 12.4. The molecule has 23 heavy (non-hydrogen) atoms. The van der Waals surface area contributed by atoms with E-state index >= 15 is 0 Å². The van der Waals surface area contributed by atoms with Crippen LogP contribution in [-0.2, 0) is 14.4 Å². The van der Waals surface area contributed by atoms with Crippen molar-refractivity contribution in [3.63, 3.8) is 0 Å². The van der Waals surface area contributed by atoms with E-state index in [1.807, 2.05) is 0 Å². The number of hydrogen-bond donors (Lipinski definition) is 3. The highest BCUT2D eigenvalue weighted by Gasteiger charge is 2.41. The first-order valence-electron chi connectivity index (χ1n) is 6.37. The zero-order valence-corrected chi connectivity index (χ0v) is 13.3. The Morgan fingerprint density at radius 3 is 2.48 bits per heavy atom. The molecule has 1 unspecified atom stereocenters. The number of aliphatic carboxylic acids is 1. The molecule has 2 amide bonds. The Hall–Kier alpha value is -2.39. The van der Waals surface area contributed by atoms with E-state index < -0.39 is 30.2 Å². The lowest BCUT2D eigenvalue weighted by atomic mass is 10.1. The van der Waals surface area contributed by atoms with Gasteiger partial charge in [-0.3, -0.25) is 14.5 Å². The summed E-state index contributed by atoms with van der Waals surface area (Å²) in [5.41, 5.74) is 5.68. The second-order valence-electron chi connectivity index (χ2n) is 4.67. The van der Waals surface area contributed by atoms with Crippen LogP contribution in [0.3, 0.4) is 0 Å². The maximum Gasteiger partial charge on any atom is 0.327 e. The number of rotatable bonds is 5. The summed E-state index contributed by atoms with van der Waals surface area (Å²) in [7, 11) is 0. The Labute approximate surface area is 140 Å². The number of nitrogens with two attached hydrogens (primary N) is 1. The first-order valence-corrected chi connectivity index (χ1v) is 7.59. The van der Waals surface area contributed by atoms with Crippen LogP contribution in [0.4, 0.5) is 0 Å². The number of nitrogens with zero attached hydrogens (tertiary/aromatic N) is 1. The normalized spacial score (nSPS) is 17.6. The smallest absolute Gasteiger partial charge is 0.327 e. The molecule has 1 aromatic rings. The summed E-state index contributed by atoms with van der Waals surface area (Å²) in [5.74, 6) is -2.70. The van der Waals surface area contributed by atoms with E-state index in [2.05, 4.69) is 0 Å². The van der Waals surface area contributed by atoms with E-state index in [4.69, 9.17) is 18.0 Å². The van der Waals surface area contributed by atoms with Crippen molar-refractivity contribution in [1.82, 2.24) is 4.90 Å². The SMILES string of the molecule is NC(=O)CC(C(=O)O)N1C(=O)/C(=C/c2ccc(O)cc2)SC1=S. The zero-order valence-electron chi connectivity index (χ0n) is 11.6. The van der Waals surface area contributed by atoms with Crippen molar-refractivity contribution in [2.75, 3.05) is 0 Å². The number of phenols is 1. The molecule has 2 rings (SSSR count). The predicted molar refractivity (Wildman–Crippen MR) is 88.4 cm³/mol. The van der Waals surface area contributed by atoms with Gasteiger partial charge in [-0.05, 0) is 23.8 Å². The number of thioether (sulfide) groups is 1. The van der Waals surface area contributed by atoms with Crippen molar-refractivity contribution < 1.29 is 24.6 Å². The predicted octanol–water partition coefficient (Wildman–Crippen LogP) is 0.922. The molecule has 1 saturated heterocycles. The molecule has 1 aliphatic rings. The lowest BCUT2D eigenvalue weighted by molar-refractivity contribution is -0.146. The number of phenolic OH excluding ortho intramolecular Hbond substituents is 1. The summed E-state index contributed by atoms with van der Waals surface area (Å²) in [6, 6.07) is 4.69. The minimum absolute atomic E-state index is 0.0497. The monoisotopic (exact) mass is 352 g/mol. The second-order valence-corrected chi connectivity index (χ2v) is 6.34. The average Bonchev–Trinajstić information content (AvgIpc) is 2.73. The molecule has 1 heterocycles. The highest BCUT2D eigenvalue weighted by Crippen LogP contribution is 2.34. The number of primary amides is 1. The van der Waals surface area contributed by atoms with Crippen LogP contribution >= 0.6 is 24.0 Å². The molecule has 7 nitrogen and oxygen atoms in total. The van der Waals surface area contributed by atoms with Crippen molar-refractivity contribution in [2.45, 2.75) is 12.5 Å². The lowest BCUT2D eigenvalue weighted by Gasteiger charge is -2.21. The van der Waals surface area contributed by atoms with Crippen molar-refractivity contribution in [1.29, 1.82) is 0 Å². The fourth-order valence-electron chi connectivity index (χ4n) is 1.95. The zero-order chi connectivity index (χ0) is 17.1. The van der Waals surface area contributed by atoms with Gasteiger partial charge in [0.05, 0.1) is 11.3 Å². The van der Waals surface area contributed by atoms with Crippen LogP contribution in [0.5, 0.6) is 5.75 Å². The van der Waals surface area contributed by atoms with Gasteiger partial charge in [0, 0.05) is 0 Å². The molecule has 4 N–H and O–H groups in total. The lowest BCUT2D eigenvalue weighted by Crippen LogP contribution is -2.46. The Balaban J connectivity index is 2.30. The van der Waals surface area contributed by atoms with Gasteiger partial charge in [0.25, 0.3) is 5.91 Å². The molecule has 0 saturated carbocycles. The summed E-state index contributed by atoms with van der Waals surface area (Å²) >= 11 is 6.00. The Morgan fingerprint density at radius 1 is 1.35 bits per heavy atom. The van der Waals surface area contributed by atoms with Gasteiger partial charge < -0.3 is 15.9 Å². The van der Waals surface area contributed by atoms with Crippen molar-refractivity contribution >= 4 is 52.2 Å². The molecule has 0 aliphatic carbocycles. The minimum Gasteiger partial charge on any atom is -0.508 e. The first kappa shape index (κ1) is 17.0. The van der Waals surface area contributed by atoms with E-state index in [0.29, 0.717) is 5.56 Å². The molecular formula is C14H12N2O5S2. The number of benzene rings is 1. The number of carboxylic acids is 1. The average molecular weight is 352 g/mol. The Kier molecular flexibility index (Phi) is 5.02. The summed E-state index contributed by atoms with van der Waals surface area (Å²) in [6.45, 7) is 0. The number of hydrogen-bond acceptors (Lipinski definition) is 6. The molecule has 1 aliphatic heterocycles. The van der Waals surface area contributed by atoms with E-state index in [0.717, 1.165) is 16.7 Å². The van der Waals surface area contributed by atoms with Crippen LogP contribution in [0.2, 0.25) is 0 Å². The van der Waals surface area contributed by atoms with E-state index in [1.54, 1.807) is 12.1 Å². The summed E-state index contributed by atoms with van der Waals surface area (Å²) < 4.78 is 0.0497. The fraction of sp³-hybridized carbons (Fsp3) is 0.143. The van der Waals surface area contributed by atoms with Crippen LogP contribution in [0.25, 0.3) is 6.08 Å². The van der Waals surface area contributed by atoms with Gasteiger partial charge >= 0.3 is 5.97 Å². The minimum atomic E-state index is -1.43. The molecule has 120 valence electrons. The van der Waals surface area contributed by atoms with Gasteiger partial charge in [-0.1, -0.05) is 36.1 Å². The Bertz CT molecular complexity index is 714. The van der Waals surface area contributed by atoms with Gasteiger partial charge in [-0.2, -0.15) is 0 Å². The fourth-order valence-corrected chi connectivity index (χ4v) is 3.31. The third-order valence-electron chi connectivity index (χ3n) is 3.01. The number of aromatic hydroxyl groups is 1. The number of thiocarbonyl (C=S) groups is 1. The van der Waals surface area contributed by atoms with Crippen LogP contribution in [-0.4, -0.2) is 43.3 Å². The molecule has 0 spiro atoms. The number of carbonyl (C=O) groups is 3. The van der Waals surface area contributed by atoms with Crippen molar-refractivity contribution in [2.24, 2.45) is 5.73 Å². The number of amides is 2. The van der Waals surface area contributed by atoms with Gasteiger partial charge in [0.2, 0.25) is 5.91 Å². The molecule has 0 aromatic heterocycles. The standard InChI is InChI=1S/C14H12N2O5S2/c15-11(18)6-9(13(20)21)16-12(19)10(23-14(16)22)5-7-1-3-8(17)4-2-7/h1-5,9,17H,6H2,(H2,15,18)(H,20,21)/b10-5-. The number of carboxylic acid groups (broad SMARTS) is 1. The highest BCUT2D eigenvalue weighted by atomic mass is 32.2. The van der Waals surface area contributed by atoms with E-state index in [1.165, 1.54) is 18.2 Å². The number of carbonyl (C=O) groups excluding carboxylic acids is 2. The third kappa shape index (κ3) is 3.88. The third-order valence-corrected chi connectivity index (χ3v) is 4.34. The molecule has 0 bridgehead atoms. The summed E-state index contributed by atoms with van der Waals surface area (Å²) in [6.07, 6.45) is 1.01. The van der Waals surface area contributed by atoms with Gasteiger partial charge in [-0.15, -0.1) is 0 Å². The van der Waals surface area contributed by atoms with Gasteiger partial charge in [0.1, 0.15) is 16.1 Å². The molecule has 1 aromatic carbocycles. The molecule has 1 fully saturated rings. The molecular weight excluding hydrogens is 340 g/mol. The van der Waals surface area contributed by atoms with Crippen LogP contribution in [0, 0.1) is 0 Å². The van der Waals surface area contributed by atoms with Crippen LogP contribution in [0.15, 0.2) is 29.2 Å². The topological polar surface area (TPSA) is 121 Å². The quantitative estimate of drug-likeness (QED) is 0.532. The highest BCUT2D eigenvalue weighted by molar-refractivity contribution is 8.26. The van der Waals surface area contributed by atoms with Gasteiger partial charge in [-0.25, -0.2) is 4.79 Å². The summed E-state index contributed by atoms with van der Waals surface area (Å²) in [5, 5.41) is 18.4. The molecule has 1 atom stereocenters. The van der Waals surface area contributed by atoms with Crippen molar-refractivity contribution in [3.05, 3.63) is 34.7 Å². The van der Waals surface area contributed by atoms with Gasteiger partial charge in [0.15, 0.2) is 0 Å². The van der Waals surface area contributed by atoms with Crippen LogP contribution in [0.1, 0.15) is 12.0 Å². The van der Waals surface area contributed by atoms with E-state index in [-0.39, 0.29) is 15.0 Å². The first-order chi connectivity index (χ1) is 10.8. The van der Waals surface area contributed by atoms with Crippen molar-refractivity contribution in [3.8, 4) is 5.75 Å².